The van der Waals surface area contributed by atoms with Crippen LogP contribution in [0.5, 0.6) is 5.75 Å². The second kappa shape index (κ2) is 7.48. The molecule has 1 heterocycles. The van der Waals surface area contributed by atoms with Crippen LogP contribution in [-0.4, -0.2) is 44.1 Å². The largest absolute Gasteiger partial charge is 0.496 e. The Labute approximate surface area is 130 Å². The minimum Gasteiger partial charge on any atom is -0.496 e. The van der Waals surface area contributed by atoms with Crippen LogP contribution < -0.4 is 10.1 Å². The van der Waals surface area contributed by atoms with E-state index in [1.807, 2.05) is 11.9 Å². The van der Waals surface area contributed by atoms with Gasteiger partial charge in [0.1, 0.15) is 5.75 Å². The van der Waals surface area contributed by atoms with Gasteiger partial charge in [-0.15, -0.1) is 0 Å². The maximum absolute atomic E-state index is 12.2. The third kappa shape index (κ3) is 4.22. The van der Waals surface area contributed by atoms with E-state index in [-0.39, 0.29) is 5.91 Å². The average molecular weight is 309 g/mol. The highest BCUT2D eigenvalue weighted by molar-refractivity contribution is 6.30. The zero-order valence-corrected chi connectivity index (χ0v) is 13.2. The summed E-state index contributed by atoms with van der Waals surface area (Å²) in [5, 5.41) is 3.92. The van der Waals surface area contributed by atoms with Gasteiger partial charge in [-0.1, -0.05) is 11.6 Å². The summed E-state index contributed by atoms with van der Waals surface area (Å²) >= 11 is 5.98. The van der Waals surface area contributed by atoms with Gasteiger partial charge in [0.05, 0.1) is 7.11 Å². The molecule has 1 aromatic carbocycles. The molecular formula is C16H21ClN2O2. The van der Waals surface area contributed by atoms with Crippen molar-refractivity contribution >= 4 is 23.6 Å². The van der Waals surface area contributed by atoms with Gasteiger partial charge in [0.25, 0.3) is 0 Å². The zero-order valence-electron chi connectivity index (χ0n) is 12.4. The van der Waals surface area contributed by atoms with Gasteiger partial charge in [0, 0.05) is 29.8 Å². The number of amides is 1. The first-order valence-corrected chi connectivity index (χ1v) is 7.48. The van der Waals surface area contributed by atoms with Gasteiger partial charge in [0.2, 0.25) is 5.91 Å². The van der Waals surface area contributed by atoms with Crippen LogP contribution in [0.25, 0.3) is 6.08 Å². The van der Waals surface area contributed by atoms with Crippen molar-refractivity contribution in [1.29, 1.82) is 0 Å². The Kier molecular flexibility index (Phi) is 5.65. The van der Waals surface area contributed by atoms with Crippen LogP contribution in [0.4, 0.5) is 0 Å². The van der Waals surface area contributed by atoms with E-state index in [4.69, 9.17) is 16.3 Å². The Morgan fingerprint density at radius 3 is 2.81 bits per heavy atom. The van der Waals surface area contributed by atoms with Crippen LogP contribution in [0.2, 0.25) is 5.02 Å². The summed E-state index contributed by atoms with van der Waals surface area (Å²) in [4.78, 5) is 14.1. The summed E-state index contributed by atoms with van der Waals surface area (Å²) in [6.45, 7) is 1.93. The van der Waals surface area contributed by atoms with E-state index in [0.717, 1.165) is 31.5 Å². The first-order valence-electron chi connectivity index (χ1n) is 7.11. The first kappa shape index (κ1) is 15.9. The molecule has 114 valence electrons. The maximum atomic E-state index is 12.2. The molecule has 1 amide bonds. The second-order valence-electron chi connectivity index (χ2n) is 5.15. The van der Waals surface area contributed by atoms with Gasteiger partial charge < -0.3 is 15.0 Å². The van der Waals surface area contributed by atoms with Crippen molar-refractivity contribution in [3.63, 3.8) is 0 Å². The SMILES string of the molecule is COc1ccc(Cl)cc1C=CC(=O)N(C)C1CCNCC1. The number of nitrogens with zero attached hydrogens (tertiary/aromatic N) is 1. The summed E-state index contributed by atoms with van der Waals surface area (Å²) in [5.41, 5.74) is 0.803. The number of halogens is 1. The fourth-order valence-electron chi connectivity index (χ4n) is 2.49. The number of nitrogens with one attached hydrogen (secondary N) is 1. The van der Waals surface area contributed by atoms with Crippen molar-refractivity contribution in [2.24, 2.45) is 0 Å². The van der Waals surface area contributed by atoms with Crippen LogP contribution in [0.3, 0.4) is 0 Å². The molecule has 0 spiro atoms. The first-order chi connectivity index (χ1) is 10.1. The monoisotopic (exact) mass is 308 g/mol. The van der Waals surface area contributed by atoms with E-state index >= 15 is 0 Å². The smallest absolute Gasteiger partial charge is 0.246 e. The molecule has 0 aliphatic carbocycles. The minimum atomic E-state index is 0.00364. The quantitative estimate of drug-likeness (QED) is 0.869. The van der Waals surface area contributed by atoms with E-state index in [1.165, 1.54) is 0 Å². The molecular weight excluding hydrogens is 288 g/mol. The summed E-state index contributed by atoms with van der Waals surface area (Å²) in [6.07, 6.45) is 5.33. The number of ether oxygens (including phenoxy) is 1. The molecule has 0 radical (unpaired) electrons. The molecule has 4 nitrogen and oxygen atoms in total. The van der Waals surface area contributed by atoms with E-state index in [1.54, 1.807) is 37.5 Å². The number of hydrogen-bond acceptors (Lipinski definition) is 3. The normalized spacial score (nSPS) is 16.1. The van der Waals surface area contributed by atoms with Crippen molar-refractivity contribution in [2.45, 2.75) is 18.9 Å². The second-order valence-corrected chi connectivity index (χ2v) is 5.59. The number of benzene rings is 1. The highest BCUT2D eigenvalue weighted by atomic mass is 35.5. The Bertz CT molecular complexity index is 525. The van der Waals surface area contributed by atoms with Crippen LogP contribution in [0.15, 0.2) is 24.3 Å². The highest BCUT2D eigenvalue weighted by Crippen LogP contribution is 2.24. The molecule has 0 unspecified atom stereocenters. The number of hydrogen-bond donors (Lipinski definition) is 1. The predicted octanol–water partition coefficient (Wildman–Crippen LogP) is 2.57. The summed E-state index contributed by atoms with van der Waals surface area (Å²) in [7, 11) is 3.46. The standard InChI is InChI=1S/C16H21ClN2O2/c1-19(14-7-9-18-10-8-14)16(20)6-3-12-11-13(17)4-5-15(12)21-2/h3-6,11,14,18H,7-10H2,1-2H3. The molecule has 1 saturated heterocycles. The fourth-order valence-corrected chi connectivity index (χ4v) is 2.67. The molecule has 0 atom stereocenters. The van der Waals surface area contributed by atoms with Gasteiger partial charge in [-0.25, -0.2) is 0 Å². The predicted molar refractivity (Wildman–Crippen MR) is 85.7 cm³/mol. The van der Waals surface area contributed by atoms with Crippen molar-refractivity contribution in [3.8, 4) is 5.75 Å². The maximum Gasteiger partial charge on any atom is 0.246 e. The lowest BCUT2D eigenvalue weighted by Gasteiger charge is -2.30. The number of carbonyl (C=O) groups is 1. The lowest BCUT2D eigenvalue weighted by molar-refractivity contribution is -0.127. The molecule has 5 heteroatoms. The number of piperidine rings is 1. The highest BCUT2D eigenvalue weighted by Gasteiger charge is 2.20. The third-order valence-corrected chi connectivity index (χ3v) is 4.04. The van der Waals surface area contributed by atoms with Crippen LogP contribution >= 0.6 is 11.6 Å². The molecule has 1 aliphatic rings. The number of likely N-dealkylation sites (N-methyl/N-ethyl adjacent to an activating group) is 1. The molecule has 1 aliphatic heterocycles. The average Bonchev–Trinajstić information content (AvgIpc) is 2.52. The van der Waals surface area contributed by atoms with Gasteiger partial charge in [-0.2, -0.15) is 0 Å². The molecule has 0 aromatic heterocycles. The van der Waals surface area contributed by atoms with Crippen molar-refractivity contribution in [2.75, 3.05) is 27.2 Å². The molecule has 21 heavy (non-hydrogen) atoms. The van der Waals surface area contributed by atoms with Gasteiger partial charge in [-0.3, -0.25) is 4.79 Å². The van der Waals surface area contributed by atoms with E-state index in [2.05, 4.69) is 5.32 Å². The zero-order chi connectivity index (χ0) is 15.2. The third-order valence-electron chi connectivity index (χ3n) is 3.80. The molecule has 2 rings (SSSR count). The van der Waals surface area contributed by atoms with Crippen molar-refractivity contribution in [1.82, 2.24) is 10.2 Å². The van der Waals surface area contributed by atoms with Crippen LogP contribution in [-0.2, 0) is 4.79 Å². The van der Waals surface area contributed by atoms with Gasteiger partial charge >= 0.3 is 0 Å². The number of carbonyl (C=O) groups excluding carboxylic acids is 1. The summed E-state index contributed by atoms with van der Waals surface area (Å²) < 4.78 is 5.27. The lowest BCUT2D eigenvalue weighted by Crippen LogP contribution is -2.43. The Hall–Kier alpha value is -1.52. The van der Waals surface area contributed by atoms with Gasteiger partial charge in [-0.05, 0) is 50.2 Å². The lowest BCUT2D eigenvalue weighted by atomic mass is 10.1. The Morgan fingerprint density at radius 2 is 2.14 bits per heavy atom. The molecule has 1 aromatic rings. The van der Waals surface area contributed by atoms with Crippen molar-refractivity contribution in [3.05, 3.63) is 34.9 Å². The molecule has 1 fully saturated rings. The summed E-state index contributed by atoms with van der Waals surface area (Å²) in [5.74, 6) is 0.705. The summed E-state index contributed by atoms with van der Waals surface area (Å²) in [6, 6.07) is 5.66. The molecule has 0 saturated carbocycles. The molecule has 1 N–H and O–H groups in total. The number of rotatable bonds is 4. The van der Waals surface area contributed by atoms with E-state index in [0.29, 0.717) is 16.8 Å². The van der Waals surface area contributed by atoms with Crippen LogP contribution in [0, 0.1) is 0 Å². The minimum absolute atomic E-state index is 0.00364. The van der Waals surface area contributed by atoms with Gasteiger partial charge in [0.15, 0.2) is 0 Å². The fraction of sp³-hybridized carbons (Fsp3) is 0.438. The van der Waals surface area contributed by atoms with Crippen LogP contribution in [0.1, 0.15) is 18.4 Å². The van der Waals surface area contributed by atoms with Crippen molar-refractivity contribution < 1.29 is 9.53 Å². The Morgan fingerprint density at radius 1 is 1.43 bits per heavy atom. The van der Waals surface area contributed by atoms with E-state index in [9.17, 15) is 4.79 Å². The topological polar surface area (TPSA) is 41.6 Å². The van der Waals surface area contributed by atoms with E-state index < -0.39 is 0 Å². The molecule has 0 bridgehead atoms. The number of methoxy groups -OCH3 is 1. The Balaban J connectivity index is 2.05.